The third-order valence-electron chi connectivity index (χ3n) is 6.54. The molecule has 1 aromatic carbocycles. The quantitative estimate of drug-likeness (QED) is 0.532. The zero-order chi connectivity index (χ0) is 23.9. The third kappa shape index (κ3) is 4.14. The van der Waals surface area contributed by atoms with Crippen LogP contribution in [0.25, 0.3) is 11.0 Å². The van der Waals surface area contributed by atoms with E-state index < -0.39 is 16.0 Å². The molecule has 1 aliphatic heterocycles. The number of pyridine rings is 2. The monoisotopic (exact) mass is 480 g/mol. The first-order valence-corrected chi connectivity index (χ1v) is 13.2. The molecule has 0 spiro atoms. The summed E-state index contributed by atoms with van der Waals surface area (Å²) in [6.45, 7) is 4.53. The zero-order valence-electron chi connectivity index (χ0n) is 19.4. The standard InChI is InChI=1S/C25H28N4O4S/c1-3-33-25(30)21-15-26-24-20(10-8-16(2)27-24)23(21)29-13-12-17-14-19(9-11-22(17)29)34(31,32)28-18-6-4-5-7-18/h8-11,14-15,18,28H,3-7,12-13H2,1-2H3. The Hall–Kier alpha value is -3.04. The molecular weight excluding hydrogens is 452 g/mol. The van der Waals surface area contributed by atoms with E-state index in [1.165, 1.54) is 6.20 Å². The molecule has 0 atom stereocenters. The van der Waals surface area contributed by atoms with Gasteiger partial charge in [-0.1, -0.05) is 12.8 Å². The normalized spacial score (nSPS) is 16.2. The number of rotatable bonds is 6. The van der Waals surface area contributed by atoms with Gasteiger partial charge >= 0.3 is 5.97 Å². The number of nitrogens with one attached hydrogen (secondary N) is 1. The number of aryl methyl sites for hydroxylation is 1. The number of anilines is 2. The molecule has 3 heterocycles. The highest BCUT2D eigenvalue weighted by Crippen LogP contribution is 2.41. The van der Waals surface area contributed by atoms with E-state index >= 15 is 0 Å². The summed E-state index contributed by atoms with van der Waals surface area (Å²) in [6.07, 6.45) is 6.07. The molecule has 1 aliphatic carbocycles. The lowest BCUT2D eigenvalue weighted by Crippen LogP contribution is -2.32. The Kier molecular flexibility index (Phi) is 5.99. The maximum atomic E-state index is 13.0. The molecule has 0 saturated heterocycles. The number of fused-ring (bicyclic) bond motifs is 2. The van der Waals surface area contributed by atoms with Crippen LogP contribution >= 0.6 is 0 Å². The Bertz CT molecular complexity index is 1370. The van der Waals surface area contributed by atoms with Crippen LogP contribution in [0.2, 0.25) is 0 Å². The topological polar surface area (TPSA) is 101 Å². The lowest BCUT2D eigenvalue weighted by molar-refractivity contribution is 0.0527. The van der Waals surface area contributed by atoms with Crippen LogP contribution in [-0.2, 0) is 21.2 Å². The summed E-state index contributed by atoms with van der Waals surface area (Å²) in [4.78, 5) is 24.1. The van der Waals surface area contributed by atoms with E-state index in [0.29, 0.717) is 29.9 Å². The minimum Gasteiger partial charge on any atom is -0.462 e. The summed E-state index contributed by atoms with van der Waals surface area (Å²) in [5, 5.41) is 0.753. The van der Waals surface area contributed by atoms with Crippen molar-refractivity contribution < 1.29 is 17.9 Å². The number of nitrogens with zero attached hydrogens (tertiary/aromatic N) is 3. The van der Waals surface area contributed by atoms with E-state index in [1.54, 1.807) is 19.1 Å². The highest BCUT2D eigenvalue weighted by molar-refractivity contribution is 7.89. The van der Waals surface area contributed by atoms with Crippen LogP contribution < -0.4 is 9.62 Å². The number of esters is 1. The van der Waals surface area contributed by atoms with Crippen LogP contribution in [0.3, 0.4) is 0 Å². The van der Waals surface area contributed by atoms with Gasteiger partial charge in [-0.2, -0.15) is 0 Å². The Balaban J connectivity index is 1.56. The molecule has 34 heavy (non-hydrogen) atoms. The van der Waals surface area contributed by atoms with E-state index in [1.807, 2.05) is 30.0 Å². The minimum absolute atomic E-state index is 0.0148. The molecule has 0 radical (unpaired) electrons. The smallest absolute Gasteiger partial charge is 0.341 e. The van der Waals surface area contributed by atoms with Crippen molar-refractivity contribution in [2.75, 3.05) is 18.1 Å². The van der Waals surface area contributed by atoms with Crippen LogP contribution in [0.1, 0.15) is 54.2 Å². The Labute approximate surface area is 199 Å². The average molecular weight is 481 g/mol. The number of carbonyl (C=O) groups is 1. The summed E-state index contributed by atoms with van der Waals surface area (Å²) in [6, 6.07) is 9.05. The fourth-order valence-electron chi connectivity index (χ4n) is 4.92. The predicted molar refractivity (Wildman–Crippen MR) is 130 cm³/mol. The van der Waals surface area contributed by atoms with E-state index in [9.17, 15) is 13.2 Å². The van der Waals surface area contributed by atoms with Crippen LogP contribution in [0.15, 0.2) is 41.4 Å². The molecule has 1 fully saturated rings. The van der Waals surface area contributed by atoms with Gasteiger partial charge in [0.2, 0.25) is 10.0 Å². The van der Waals surface area contributed by atoms with Gasteiger partial charge in [-0.15, -0.1) is 0 Å². The first-order valence-electron chi connectivity index (χ1n) is 11.7. The molecule has 178 valence electrons. The summed E-state index contributed by atoms with van der Waals surface area (Å²) in [5.74, 6) is -0.444. The molecule has 2 aromatic heterocycles. The number of aromatic nitrogens is 2. The second-order valence-corrected chi connectivity index (χ2v) is 10.6. The summed E-state index contributed by atoms with van der Waals surface area (Å²) >= 11 is 0. The molecule has 5 rings (SSSR count). The van der Waals surface area contributed by atoms with E-state index in [-0.39, 0.29) is 17.5 Å². The number of hydrogen-bond donors (Lipinski definition) is 1. The molecule has 1 saturated carbocycles. The molecule has 0 amide bonds. The lowest BCUT2D eigenvalue weighted by Gasteiger charge is -2.24. The van der Waals surface area contributed by atoms with Gasteiger partial charge in [0, 0.05) is 35.6 Å². The van der Waals surface area contributed by atoms with Crippen molar-refractivity contribution in [2.24, 2.45) is 0 Å². The summed E-state index contributed by atoms with van der Waals surface area (Å²) < 4.78 is 34.1. The number of carbonyl (C=O) groups excluding carboxylic acids is 1. The fourth-order valence-corrected chi connectivity index (χ4v) is 6.27. The molecule has 2 aliphatic rings. The average Bonchev–Trinajstić information content (AvgIpc) is 3.47. The van der Waals surface area contributed by atoms with Gasteiger partial charge in [-0.25, -0.2) is 27.9 Å². The van der Waals surface area contributed by atoms with Gasteiger partial charge in [-0.3, -0.25) is 0 Å². The number of hydrogen-bond acceptors (Lipinski definition) is 7. The molecule has 8 nitrogen and oxygen atoms in total. The maximum Gasteiger partial charge on any atom is 0.341 e. The highest BCUT2D eigenvalue weighted by atomic mass is 32.2. The van der Waals surface area contributed by atoms with E-state index in [0.717, 1.165) is 48.0 Å². The maximum absolute atomic E-state index is 13.0. The van der Waals surface area contributed by atoms with Gasteiger partial charge in [0.25, 0.3) is 0 Å². The highest BCUT2D eigenvalue weighted by Gasteiger charge is 2.30. The molecule has 3 aromatic rings. The van der Waals surface area contributed by atoms with E-state index in [4.69, 9.17) is 4.74 Å². The minimum atomic E-state index is -3.58. The molecule has 0 bridgehead atoms. The van der Waals surface area contributed by atoms with Gasteiger partial charge in [0.1, 0.15) is 5.56 Å². The molecule has 0 unspecified atom stereocenters. The van der Waals surface area contributed by atoms with Crippen molar-refractivity contribution in [1.82, 2.24) is 14.7 Å². The van der Waals surface area contributed by atoms with Crippen molar-refractivity contribution in [2.45, 2.75) is 56.9 Å². The molecular formula is C25H28N4O4S. The van der Waals surface area contributed by atoms with Crippen LogP contribution in [0.5, 0.6) is 0 Å². The Morgan fingerprint density at radius 1 is 1.21 bits per heavy atom. The molecule has 9 heteroatoms. The van der Waals surface area contributed by atoms with Gasteiger partial charge in [0.05, 0.1) is 17.2 Å². The van der Waals surface area contributed by atoms with Gasteiger partial charge in [0.15, 0.2) is 5.65 Å². The number of ether oxygens (including phenoxy) is 1. The Morgan fingerprint density at radius 3 is 2.76 bits per heavy atom. The van der Waals surface area contributed by atoms with Crippen LogP contribution in [0, 0.1) is 6.92 Å². The molecule has 1 N–H and O–H groups in total. The second kappa shape index (κ2) is 8.96. The fraction of sp³-hybridized carbons (Fsp3) is 0.400. The summed E-state index contributed by atoms with van der Waals surface area (Å²) in [5.41, 5.74) is 4.24. The number of sulfonamides is 1. The van der Waals surface area contributed by atoms with Gasteiger partial charge in [-0.05, 0) is 69.0 Å². The predicted octanol–water partition coefficient (Wildman–Crippen LogP) is 4.03. The van der Waals surface area contributed by atoms with Crippen molar-refractivity contribution in [3.05, 3.63) is 53.3 Å². The number of benzene rings is 1. The largest absolute Gasteiger partial charge is 0.462 e. The van der Waals surface area contributed by atoms with Gasteiger partial charge < -0.3 is 9.64 Å². The first kappa shape index (κ1) is 22.7. The van der Waals surface area contributed by atoms with Crippen molar-refractivity contribution in [1.29, 1.82) is 0 Å². The Morgan fingerprint density at radius 2 is 2.00 bits per heavy atom. The zero-order valence-corrected chi connectivity index (χ0v) is 20.2. The van der Waals surface area contributed by atoms with Crippen molar-refractivity contribution in [3.8, 4) is 0 Å². The van der Waals surface area contributed by atoms with Crippen molar-refractivity contribution in [3.63, 3.8) is 0 Å². The lowest BCUT2D eigenvalue weighted by atomic mass is 10.1. The van der Waals surface area contributed by atoms with Crippen LogP contribution in [0.4, 0.5) is 11.4 Å². The van der Waals surface area contributed by atoms with E-state index in [2.05, 4.69) is 14.7 Å². The first-order chi connectivity index (χ1) is 16.4. The summed E-state index contributed by atoms with van der Waals surface area (Å²) in [7, 11) is -3.58. The van der Waals surface area contributed by atoms with Crippen molar-refractivity contribution >= 4 is 38.4 Å². The second-order valence-electron chi connectivity index (χ2n) is 8.86. The van der Waals surface area contributed by atoms with Crippen LogP contribution in [-0.4, -0.2) is 43.5 Å². The third-order valence-corrected chi connectivity index (χ3v) is 8.06. The SMILES string of the molecule is CCOC(=O)c1cnc2nc(C)ccc2c1N1CCc2cc(S(=O)(=O)NC3CCCC3)ccc21.